The quantitative estimate of drug-likeness (QED) is 0.312. The van der Waals surface area contributed by atoms with Crippen LogP contribution in [0.25, 0.3) is 5.69 Å². The van der Waals surface area contributed by atoms with Crippen molar-refractivity contribution in [2.45, 2.75) is 6.61 Å². The minimum atomic E-state index is -0.278. The summed E-state index contributed by atoms with van der Waals surface area (Å²) in [5.74, 6) is 0.446. The number of hydrogen-bond donors (Lipinski definition) is 1. The van der Waals surface area contributed by atoms with Crippen molar-refractivity contribution >= 4 is 23.7 Å². The molecule has 0 aliphatic carbocycles. The number of nitrogens with zero attached hydrogens (tertiary/aromatic N) is 2. The van der Waals surface area contributed by atoms with Crippen LogP contribution in [-0.2, 0) is 6.61 Å². The lowest BCUT2D eigenvalue weighted by Gasteiger charge is -2.09. The van der Waals surface area contributed by atoms with Crippen LogP contribution in [-0.4, -0.2) is 16.7 Å². The molecule has 0 unspecified atom stereocenters. The maximum absolute atomic E-state index is 12.6. The molecule has 0 fully saturated rings. The van der Waals surface area contributed by atoms with E-state index in [1.165, 1.54) is 0 Å². The second-order valence-electron chi connectivity index (χ2n) is 6.76. The lowest BCUT2D eigenvalue weighted by atomic mass is 10.1. The molecule has 0 aliphatic heterocycles. The Hall–Kier alpha value is -3.83. The van der Waals surface area contributed by atoms with E-state index in [1.54, 1.807) is 12.3 Å². The van der Waals surface area contributed by atoms with Crippen molar-refractivity contribution in [2.75, 3.05) is 0 Å². The molecule has 1 heterocycles. The topological polar surface area (TPSA) is 55.6 Å². The van der Waals surface area contributed by atoms with E-state index in [1.807, 2.05) is 95.8 Å². The smallest absolute Gasteiger partial charge is 0.273 e. The SMILES string of the molecule is O=C(NN=Cc1ccc(OCc2ccccc2Cl)cc1)c1ccccc1-n1cccc1. The zero-order valence-corrected chi connectivity index (χ0v) is 17.4. The lowest BCUT2D eigenvalue weighted by Crippen LogP contribution is -2.19. The molecule has 3 aromatic carbocycles. The summed E-state index contributed by atoms with van der Waals surface area (Å²) >= 11 is 6.15. The Morgan fingerprint density at radius 1 is 0.935 bits per heavy atom. The Balaban J connectivity index is 1.35. The van der Waals surface area contributed by atoms with Gasteiger partial charge in [-0.15, -0.1) is 0 Å². The first-order valence-corrected chi connectivity index (χ1v) is 10.1. The van der Waals surface area contributed by atoms with Gasteiger partial charge in [0, 0.05) is 23.0 Å². The second kappa shape index (κ2) is 9.78. The largest absolute Gasteiger partial charge is 0.489 e. The van der Waals surface area contributed by atoms with Gasteiger partial charge in [-0.25, -0.2) is 5.43 Å². The molecule has 1 N–H and O–H groups in total. The molecule has 0 spiro atoms. The molecule has 0 saturated carbocycles. The van der Waals surface area contributed by atoms with Crippen LogP contribution < -0.4 is 10.2 Å². The summed E-state index contributed by atoms with van der Waals surface area (Å²) in [5, 5.41) is 4.76. The molecule has 0 saturated heterocycles. The number of hydrogen-bond acceptors (Lipinski definition) is 3. The van der Waals surface area contributed by atoms with Gasteiger partial charge in [0.25, 0.3) is 5.91 Å². The predicted molar refractivity (Wildman–Crippen MR) is 123 cm³/mol. The number of aromatic nitrogens is 1. The summed E-state index contributed by atoms with van der Waals surface area (Å²) in [6, 6.07) is 26.2. The average molecular weight is 430 g/mol. The van der Waals surface area contributed by atoms with Crippen molar-refractivity contribution in [1.29, 1.82) is 0 Å². The Labute approximate surface area is 185 Å². The van der Waals surface area contributed by atoms with Crippen molar-refractivity contribution in [1.82, 2.24) is 9.99 Å². The van der Waals surface area contributed by atoms with Crippen molar-refractivity contribution < 1.29 is 9.53 Å². The Morgan fingerprint density at radius 3 is 2.42 bits per heavy atom. The van der Waals surface area contributed by atoms with Crippen molar-refractivity contribution in [2.24, 2.45) is 5.10 Å². The number of nitrogens with one attached hydrogen (secondary N) is 1. The van der Waals surface area contributed by atoms with Crippen molar-refractivity contribution in [3.63, 3.8) is 0 Å². The third-order valence-electron chi connectivity index (χ3n) is 4.64. The van der Waals surface area contributed by atoms with Crippen LogP contribution in [0.2, 0.25) is 5.02 Å². The number of halogens is 1. The van der Waals surface area contributed by atoms with Gasteiger partial charge in [-0.3, -0.25) is 4.79 Å². The maximum Gasteiger partial charge on any atom is 0.273 e. The molecule has 4 rings (SSSR count). The molecular formula is C25H20ClN3O2. The first kappa shape index (κ1) is 20.4. The van der Waals surface area contributed by atoms with E-state index in [-0.39, 0.29) is 5.91 Å². The summed E-state index contributed by atoms with van der Waals surface area (Å²) in [6.45, 7) is 0.393. The highest BCUT2D eigenvalue weighted by molar-refractivity contribution is 6.31. The third kappa shape index (κ3) is 5.21. The van der Waals surface area contributed by atoms with Crippen molar-refractivity contribution in [3.05, 3.63) is 119 Å². The number of ether oxygens (including phenoxy) is 1. The number of hydrazone groups is 1. The van der Waals surface area contributed by atoms with E-state index in [2.05, 4.69) is 10.5 Å². The van der Waals surface area contributed by atoms with Gasteiger partial charge in [-0.05, 0) is 60.2 Å². The molecule has 31 heavy (non-hydrogen) atoms. The summed E-state index contributed by atoms with van der Waals surface area (Å²) in [4.78, 5) is 12.6. The van der Waals surface area contributed by atoms with E-state index < -0.39 is 0 Å². The van der Waals surface area contributed by atoms with Gasteiger partial charge in [0.15, 0.2) is 0 Å². The van der Waals surface area contributed by atoms with Gasteiger partial charge in [0.1, 0.15) is 12.4 Å². The van der Waals surface area contributed by atoms with Gasteiger partial charge in [0.05, 0.1) is 17.5 Å². The Bertz CT molecular complexity index is 1190. The second-order valence-corrected chi connectivity index (χ2v) is 7.16. The molecule has 5 nitrogen and oxygen atoms in total. The third-order valence-corrected chi connectivity index (χ3v) is 5.01. The van der Waals surface area contributed by atoms with E-state index in [0.29, 0.717) is 17.2 Å². The molecule has 0 radical (unpaired) electrons. The standard InChI is InChI=1S/C25H20ClN3O2/c26-23-9-3-1-7-20(23)18-31-21-13-11-19(12-14-21)17-27-28-25(30)22-8-2-4-10-24(22)29-15-5-6-16-29/h1-17H,18H2,(H,28,30). The van der Waals surface area contributed by atoms with E-state index >= 15 is 0 Å². The fourth-order valence-electron chi connectivity index (χ4n) is 3.04. The molecule has 6 heteroatoms. The number of para-hydroxylation sites is 1. The van der Waals surface area contributed by atoms with Crippen LogP contribution in [0.5, 0.6) is 5.75 Å². The minimum Gasteiger partial charge on any atom is -0.489 e. The molecule has 154 valence electrons. The van der Waals surface area contributed by atoms with Gasteiger partial charge in [-0.1, -0.05) is 41.9 Å². The number of carbonyl (C=O) groups excluding carboxylic acids is 1. The van der Waals surface area contributed by atoms with Crippen LogP contribution in [0.3, 0.4) is 0 Å². The molecular weight excluding hydrogens is 410 g/mol. The number of carbonyl (C=O) groups is 1. The summed E-state index contributed by atoms with van der Waals surface area (Å²) in [5.41, 5.74) is 5.69. The van der Waals surface area contributed by atoms with Gasteiger partial charge < -0.3 is 9.30 Å². The summed E-state index contributed by atoms with van der Waals surface area (Å²) in [7, 11) is 0. The molecule has 1 amide bonds. The fraction of sp³-hybridized carbons (Fsp3) is 0.0400. The summed E-state index contributed by atoms with van der Waals surface area (Å²) in [6.07, 6.45) is 5.38. The van der Waals surface area contributed by atoms with Crippen molar-refractivity contribution in [3.8, 4) is 11.4 Å². The van der Waals surface area contributed by atoms with Gasteiger partial charge >= 0.3 is 0 Å². The molecule has 4 aromatic rings. The molecule has 1 aromatic heterocycles. The Kier molecular flexibility index (Phi) is 6.45. The summed E-state index contributed by atoms with van der Waals surface area (Å²) < 4.78 is 7.66. The average Bonchev–Trinajstić information content (AvgIpc) is 3.34. The number of rotatable bonds is 7. The normalized spacial score (nSPS) is 10.9. The fourth-order valence-corrected chi connectivity index (χ4v) is 3.23. The van der Waals surface area contributed by atoms with E-state index in [4.69, 9.17) is 16.3 Å². The van der Waals surface area contributed by atoms with Crippen LogP contribution in [0.4, 0.5) is 0 Å². The molecule has 0 atom stereocenters. The van der Waals surface area contributed by atoms with E-state index in [9.17, 15) is 4.79 Å². The van der Waals surface area contributed by atoms with Gasteiger partial charge in [0.2, 0.25) is 0 Å². The highest BCUT2D eigenvalue weighted by Gasteiger charge is 2.10. The zero-order chi connectivity index (χ0) is 21.5. The van der Waals surface area contributed by atoms with Crippen LogP contribution in [0, 0.1) is 0 Å². The Morgan fingerprint density at radius 2 is 1.65 bits per heavy atom. The highest BCUT2D eigenvalue weighted by atomic mass is 35.5. The monoisotopic (exact) mass is 429 g/mol. The highest BCUT2D eigenvalue weighted by Crippen LogP contribution is 2.19. The van der Waals surface area contributed by atoms with Crippen LogP contribution in [0.1, 0.15) is 21.5 Å². The van der Waals surface area contributed by atoms with Crippen LogP contribution in [0.15, 0.2) is 102 Å². The molecule has 0 aliphatic rings. The number of amides is 1. The van der Waals surface area contributed by atoms with Crippen LogP contribution >= 0.6 is 11.6 Å². The van der Waals surface area contributed by atoms with Gasteiger partial charge in [-0.2, -0.15) is 5.10 Å². The predicted octanol–water partition coefficient (Wildman–Crippen LogP) is 5.47. The lowest BCUT2D eigenvalue weighted by molar-refractivity contribution is 0.0955. The maximum atomic E-state index is 12.6. The zero-order valence-electron chi connectivity index (χ0n) is 16.6. The first-order chi connectivity index (χ1) is 15.2. The number of benzene rings is 3. The first-order valence-electron chi connectivity index (χ1n) is 9.73. The van der Waals surface area contributed by atoms with E-state index in [0.717, 1.165) is 22.6 Å². The minimum absolute atomic E-state index is 0.278. The molecule has 0 bridgehead atoms.